The minimum atomic E-state index is -1.28. The molecule has 3 saturated heterocycles. The van der Waals surface area contributed by atoms with Gasteiger partial charge in [-0.05, 0) is 37.2 Å². The standard InChI is InChI=1S/C37H50BrN3O7/c1-5-7-18-29(43)39-21-28(24-14-10-8-11-15-24)47-36(46)30-31-34(44)41(27(22-42)23(3)4)33(37(31)20-26(38)32(30)48-37)35(45)40(19-6-2)25-16-12-9-13-17-25/h5-6,8,10-11,14-15,23,25-28,30-33,42H,1-2,7,9,12-13,16-22H2,3-4H3,(H,39,43)/t26?,27-,28+,30-,31+,32-,33-,37+/m0/s1. The van der Waals surface area contributed by atoms with E-state index in [4.69, 9.17) is 9.47 Å². The van der Waals surface area contributed by atoms with Gasteiger partial charge in [-0.2, -0.15) is 0 Å². The molecule has 2 N–H and O–H groups in total. The van der Waals surface area contributed by atoms with Gasteiger partial charge in [0.2, 0.25) is 17.7 Å². The second-order valence-electron chi connectivity index (χ2n) is 13.9. The number of halogens is 1. The topological polar surface area (TPSA) is 125 Å². The van der Waals surface area contributed by atoms with Crippen molar-refractivity contribution in [3.63, 3.8) is 0 Å². The molecule has 262 valence electrons. The smallest absolute Gasteiger partial charge is 0.313 e. The van der Waals surface area contributed by atoms with Gasteiger partial charge < -0.3 is 29.7 Å². The number of aliphatic hydroxyl groups excluding tert-OH is 1. The predicted molar refractivity (Wildman–Crippen MR) is 185 cm³/mol. The van der Waals surface area contributed by atoms with E-state index in [9.17, 15) is 24.3 Å². The normalized spacial score (nSPS) is 29.3. The van der Waals surface area contributed by atoms with E-state index in [1.807, 2.05) is 49.1 Å². The molecule has 2 bridgehead atoms. The summed E-state index contributed by atoms with van der Waals surface area (Å²) in [6, 6.07) is 7.50. The van der Waals surface area contributed by atoms with Crippen LogP contribution in [0, 0.1) is 17.8 Å². The quantitative estimate of drug-likeness (QED) is 0.155. The first-order valence-corrected chi connectivity index (χ1v) is 18.3. The Kier molecular flexibility index (Phi) is 11.8. The lowest BCUT2D eigenvalue weighted by Gasteiger charge is -2.43. The molecule has 3 amide bonds. The van der Waals surface area contributed by atoms with Crippen LogP contribution in [0.2, 0.25) is 0 Å². The molecule has 1 spiro atoms. The third-order valence-corrected chi connectivity index (χ3v) is 11.5. The van der Waals surface area contributed by atoms with Crippen molar-refractivity contribution in [2.24, 2.45) is 17.8 Å². The first-order valence-electron chi connectivity index (χ1n) is 17.4. The zero-order chi connectivity index (χ0) is 34.6. The fourth-order valence-corrected chi connectivity index (χ4v) is 9.29. The maximum Gasteiger partial charge on any atom is 0.313 e. The van der Waals surface area contributed by atoms with Crippen LogP contribution in [0.4, 0.5) is 0 Å². The van der Waals surface area contributed by atoms with Gasteiger partial charge in [0, 0.05) is 23.8 Å². The Hall–Kier alpha value is -3.02. The number of carbonyl (C=O) groups is 4. The molecule has 1 aromatic carbocycles. The van der Waals surface area contributed by atoms with Crippen LogP contribution < -0.4 is 5.32 Å². The second-order valence-corrected chi connectivity index (χ2v) is 15.1. The van der Waals surface area contributed by atoms with E-state index in [1.54, 1.807) is 12.2 Å². The van der Waals surface area contributed by atoms with E-state index in [1.165, 1.54) is 4.90 Å². The third-order valence-electron chi connectivity index (χ3n) is 10.7. The summed E-state index contributed by atoms with van der Waals surface area (Å²) in [6.07, 6.45) is 7.92. The molecule has 8 atom stereocenters. The highest BCUT2D eigenvalue weighted by molar-refractivity contribution is 9.09. The second kappa shape index (κ2) is 15.7. The van der Waals surface area contributed by atoms with Crippen molar-refractivity contribution >= 4 is 39.6 Å². The van der Waals surface area contributed by atoms with E-state index in [2.05, 4.69) is 34.4 Å². The number of hydrogen-bond donors (Lipinski definition) is 2. The minimum Gasteiger partial charge on any atom is -0.455 e. The zero-order valence-electron chi connectivity index (χ0n) is 28.1. The number of allylic oxidation sites excluding steroid dienone is 1. The molecule has 1 aliphatic carbocycles. The minimum absolute atomic E-state index is 0.00994. The number of hydrogen-bond acceptors (Lipinski definition) is 7. The van der Waals surface area contributed by atoms with Crippen LogP contribution in [0.25, 0.3) is 0 Å². The lowest BCUT2D eigenvalue weighted by molar-refractivity contribution is -0.161. The molecule has 1 saturated carbocycles. The van der Waals surface area contributed by atoms with E-state index in [0.717, 1.165) is 32.1 Å². The van der Waals surface area contributed by atoms with Gasteiger partial charge in [-0.1, -0.05) is 91.5 Å². The van der Waals surface area contributed by atoms with E-state index in [0.29, 0.717) is 24.9 Å². The zero-order valence-corrected chi connectivity index (χ0v) is 29.7. The number of alkyl halides is 1. The summed E-state index contributed by atoms with van der Waals surface area (Å²) in [5.41, 5.74) is -0.585. The number of esters is 1. The summed E-state index contributed by atoms with van der Waals surface area (Å²) in [6.45, 7) is 11.5. The number of benzene rings is 1. The third kappa shape index (κ3) is 6.87. The summed E-state index contributed by atoms with van der Waals surface area (Å²) in [5.74, 6) is -3.54. The number of nitrogens with one attached hydrogen (secondary N) is 1. The van der Waals surface area contributed by atoms with Gasteiger partial charge in [0.05, 0.1) is 37.1 Å². The molecule has 1 unspecified atom stereocenters. The molecule has 11 heteroatoms. The molecule has 3 aliphatic heterocycles. The van der Waals surface area contributed by atoms with Crippen molar-refractivity contribution < 1.29 is 33.8 Å². The maximum absolute atomic E-state index is 14.9. The lowest BCUT2D eigenvalue weighted by atomic mass is 9.70. The predicted octanol–water partition coefficient (Wildman–Crippen LogP) is 4.47. The molecule has 3 heterocycles. The number of carbonyl (C=O) groups excluding carboxylic acids is 4. The van der Waals surface area contributed by atoms with Crippen LogP contribution in [0.1, 0.15) is 76.9 Å². The Morgan fingerprint density at radius 3 is 2.50 bits per heavy atom. The molecular weight excluding hydrogens is 678 g/mol. The number of amides is 3. The van der Waals surface area contributed by atoms with Crippen LogP contribution in [-0.4, -0.2) is 93.0 Å². The molecule has 48 heavy (non-hydrogen) atoms. The highest BCUT2D eigenvalue weighted by Gasteiger charge is 2.77. The summed E-state index contributed by atoms with van der Waals surface area (Å²) in [7, 11) is 0. The summed E-state index contributed by atoms with van der Waals surface area (Å²) >= 11 is 3.75. The monoisotopic (exact) mass is 727 g/mol. The van der Waals surface area contributed by atoms with E-state index >= 15 is 0 Å². The van der Waals surface area contributed by atoms with Crippen LogP contribution in [-0.2, 0) is 28.7 Å². The van der Waals surface area contributed by atoms with Gasteiger partial charge in [-0.3, -0.25) is 19.2 Å². The van der Waals surface area contributed by atoms with Crippen molar-refractivity contribution in [1.82, 2.24) is 15.1 Å². The van der Waals surface area contributed by atoms with Crippen molar-refractivity contribution in [2.45, 2.75) is 106 Å². The number of fused-ring (bicyclic) bond motifs is 1. The Bertz CT molecular complexity index is 1350. The van der Waals surface area contributed by atoms with Crippen molar-refractivity contribution in [1.29, 1.82) is 0 Å². The lowest BCUT2D eigenvalue weighted by Crippen LogP contribution is -2.61. The molecule has 0 radical (unpaired) electrons. The first-order chi connectivity index (χ1) is 23.1. The molecule has 4 fully saturated rings. The summed E-state index contributed by atoms with van der Waals surface area (Å²) in [5, 5.41) is 13.5. The van der Waals surface area contributed by atoms with Crippen LogP contribution in [0.5, 0.6) is 0 Å². The Morgan fingerprint density at radius 2 is 1.88 bits per heavy atom. The highest BCUT2D eigenvalue weighted by Crippen LogP contribution is 2.61. The largest absolute Gasteiger partial charge is 0.455 e. The number of nitrogens with zero attached hydrogens (tertiary/aromatic N) is 2. The van der Waals surface area contributed by atoms with Gasteiger partial charge in [0.25, 0.3) is 0 Å². The van der Waals surface area contributed by atoms with Gasteiger partial charge in [0.15, 0.2) is 0 Å². The van der Waals surface area contributed by atoms with Gasteiger partial charge in [-0.25, -0.2) is 0 Å². The molecule has 10 nitrogen and oxygen atoms in total. The molecular formula is C37H50BrN3O7. The summed E-state index contributed by atoms with van der Waals surface area (Å²) in [4.78, 5) is 59.4. The number of aliphatic hydroxyl groups is 1. The SMILES string of the molecule is C=CCCC(=O)NC[C@@H](OC(=O)[C@@H]1[C@H]2O[C@@]3(CC2Br)[C@H](C(=O)N(CC=C)C2CCCCC2)N([C@@H](CO)C(C)C)C(=O)[C@@H]13)c1ccccc1. The molecule has 1 aromatic rings. The van der Waals surface area contributed by atoms with E-state index in [-0.39, 0.29) is 54.1 Å². The average Bonchev–Trinajstić information content (AvgIpc) is 3.68. The van der Waals surface area contributed by atoms with Crippen LogP contribution >= 0.6 is 15.9 Å². The Balaban J connectivity index is 1.49. The fraction of sp³-hybridized carbons (Fsp3) is 0.622. The average molecular weight is 729 g/mol. The van der Waals surface area contributed by atoms with Gasteiger partial charge in [0.1, 0.15) is 17.7 Å². The van der Waals surface area contributed by atoms with Gasteiger partial charge in [-0.15, -0.1) is 13.2 Å². The van der Waals surface area contributed by atoms with Crippen molar-refractivity contribution in [3.8, 4) is 0 Å². The Labute approximate surface area is 292 Å². The highest BCUT2D eigenvalue weighted by atomic mass is 79.9. The number of rotatable bonds is 15. The number of ether oxygens (including phenoxy) is 2. The van der Waals surface area contributed by atoms with Crippen LogP contribution in [0.3, 0.4) is 0 Å². The molecule has 5 rings (SSSR count). The van der Waals surface area contributed by atoms with E-state index < -0.39 is 47.7 Å². The molecule has 0 aromatic heterocycles. The fourth-order valence-electron chi connectivity index (χ4n) is 8.34. The molecule has 4 aliphatic rings. The number of likely N-dealkylation sites (tertiary alicyclic amines) is 1. The summed E-state index contributed by atoms with van der Waals surface area (Å²) < 4.78 is 12.9. The maximum atomic E-state index is 14.9. The van der Waals surface area contributed by atoms with Gasteiger partial charge >= 0.3 is 5.97 Å². The van der Waals surface area contributed by atoms with Crippen molar-refractivity contribution in [3.05, 3.63) is 61.2 Å². The Morgan fingerprint density at radius 1 is 1.17 bits per heavy atom. The van der Waals surface area contributed by atoms with Crippen LogP contribution in [0.15, 0.2) is 55.6 Å². The van der Waals surface area contributed by atoms with Crippen molar-refractivity contribution in [2.75, 3.05) is 19.7 Å². The first kappa shape index (κ1) is 36.3.